The molecular formula is C27H24FN5O. The Bertz CT molecular complexity index is 1500. The van der Waals surface area contributed by atoms with E-state index in [2.05, 4.69) is 34.3 Å². The molecule has 1 N–H and O–H groups in total. The first-order valence-corrected chi connectivity index (χ1v) is 11.5. The molecule has 6 nitrogen and oxygen atoms in total. The van der Waals surface area contributed by atoms with Crippen LogP contribution < -0.4 is 10.1 Å². The first-order valence-electron chi connectivity index (χ1n) is 11.5. The van der Waals surface area contributed by atoms with Crippen molar-refractivity contribution in [2.75, 3.05) is 13.1 Å². The van der Waals surface area contributed by atoms with Crippen LogP contribution in [0, 0.1) is 6.92 Å². The third-order valence-electron chi connectivity index (χ3n) is 6.44. The largest absolute Gasteiger partial charge is 0.485 e. The van der Waals surface area contributed by atoms with E-state index in [1.165, 1.54) is 5.56 Å². The quantitative estimate of drug-likeness (QED) is 0.415. The van der Waals surface area contributed by atoms with Crippen molar-refractivity contribution in [1.29, 1.82) is 0 Å². The van der Waals surface area contributed by atoms with Gasteiger partial charge in [-0.15, -0.1) is 0 Å². The highest BCUT2D eigenvalue weighted by molar-refractivity contribution is 5.86. The number of aromatic nitrogens is 4. The van der Waals surface area contributed by atoms with E-state index in [9.17, 15) is 4.39 Å². The molecule has 0 amide bonds. The average Bonchev–Trinajstić information content (AvgIpc) is 3.29. The normalized spacial score (nSPS) is 18.4. The lowest BCUT2D eigenvalue weighted by Crippen LogP contribution is -2.44. The minimum absolute atomic E-state index is 0.316. The van der Waals surface area contributed by atoms with Gasteiger partial charge in [0.05, 0.1) is 17.6 Å². The number of imidazole rings is 1. The highest BCUT2D eigenvalue weighted by Gasteiger charge is 2.27. The summed E-state index contributed by atoms with van der Waals surface area (Å²) >= 11 is 0. The minimum Gasteiger partial charge on any atom is -0.485 e. The maximum atomic E-state index is 14.4. The standard InChI is InChI=1S/C27H24FN5O/c1-17-7-10-29-14-20(17)19-9-12-33-23(16-31-26(33)13-19)22-6-5-18-3-2-4-25(27(18)32-22)34-24-8-11-30-15-21(24)28/h2-7,9-10,12-14,16,21,24,30H,8,11,15H2,1H3/t21-,24-/m0/s1. The molecule has 1 fully saturated rings. The van der Waals surface area contributed by atoms with E-state index in [-0.39, 0.29) is 0 Å². The summed E-state index contributed by atoms with van der Waals surface area (Å²) in [5.41, 5.74) is 6.54. The van der Waals surface area contributed by atoms with Crippen molar-refractivity contribution in [1.82, 2.24) is 24.7 Å². The molecule has 5 aromatic rings. The molecular weight excluding hydrogens is 429 g/mol. The molecule has 0 unspecified atom stereocenters. The maximum Gasteiger partial charge on any atom is 0.149 e. The molecule has 1 aliphatic heterocycles. The number of nitrogens with zero attached hydrogens (tertiary/aromatic N) is 4. The molecule has 34 heavy (non-hydrogen) atoms. The summed E-state index contributed by atoms with van der Waals surface area (Å²) in [6, 6.07) is 15.9. The first-order chi connectivity index (χ1) is 16.7. The lowest BCUT2D eigenvalue weighted by atomic mass is 10.0. The van der Waals surface area contributed by atoms with Crippen LogP contribution in [-0.2, 0) is 0 Å². The zero-order valence-electron chi connectivity index (χ0n) is 18.8. The highest BCUT2D eigenvalue weighted by atomic mass is 19.1. The predicted octanol–water partition coefficient (Wildman–Crippen LogP) is 5.00. The van der Waals surface area contributed by atoms with Gasteiger partial charge in [0, 0.05) is 36.1 Å². The van der Waals surface area contributed by atoms with Gasteiger partial charge in [-0.2, -0.15) is 0 Å². The van der Waals surface area contributed by atoms with Crippen LogP contribution in [0.4, 0.5) is 4.39 Å². The fraction of sp³-hybridized carbons (Fsp3) is 0.222. The van der Waals surface area contributed by atoms with Gasteiger partial charge in [-0.1, -0.05) is 18.2 Å². The summed E-state index contributed by atoms with van der Waals surface area (Å²) in [5.74, 6) is 0.608. The lowest BCUT2D eigenvalue weighted by Gasteiger charge is -2.27. The van der Waals surface area contributed by atoms with E-state index in [4.69, 9.17) is 9.72 Å². The molecule has 0 saturated carbocycles. The number of ether oxygens (including phenoxy) is 1. The van der Waals surface area contributed by atoms with E-state index in [0.29, 0.717) is 18.7 Å². The molecule has 5 heterocycles. The number of aryl methyl sites for hydroxylation is 1. The van der Waals surface area contributed by atoms with Crippen molar-refractivity contribution < 1.29 is 9.13 Å². The zero-order chi connectivity index (χ0) is 23.1. The molecule has 1 aliphatic rings. The first kappa shape index (κ1) is 20.7. The van der Waals surface area contributed by atoms with Crippen LogP contribution in [0.15, 0.2) is 73.3 Å². The summed E-state index contributed by atoms with van der Waals surface area (Å²) < 4.78 is 22.5. The molecule has 0 bridgehead atoms. The van der Waals surface area contributed by atoms with Crippen LogP contribution in [0.25, 0.3) is 39.1 Å². The number of rotatable bonds is 4. The van der Waals surface area contributed by atoms with E-state index in [1.807, 2.05) is 59.4 Å². The maximum absolute atomic E-state index is 14.4. The molecule has 6 rings (SSSR count). The van der Waals surface area contributed by atoms with Crippen LogP contribution in [0.2, 0.25) is 0 Å². The van der Waals surface area contributed by atoms with Gasteiger partial charge in [-0.25, -0.2) is 14.4 Å². The number of fused-ring (bicyclic) bond motifs is 2. The van der Waals surface area contributed by atoms with Crippen LogP contribution in [0.1, 0.15) is 12.0 Å². The van der Waals surface area contributed by atoms with Crippen LogP contribution >= 0.6 is 0 Å². The molecule has 1 aromatic carbocycles. The number of piperidine rings is 1. The van der Waals surface area contributed by atoms with Gasteiger partial charge in [0.2, 0.25) is 0 Å². The van der Waals surface area contributed by atoms with Gasteiger partial charge in [0.25, 0.3) is 0 Å². The molecule has 1 saturated heterocycles. The summed E-state index contributed by atoms with van der Waals surface area (Å²) in [4.78, 5) is 13.8. The van der Waals surface area contributed by atoms with E-state index >= 15 is 0 Å². The highest BCUT2D eigenvalue weighted by Crippen LogP contribution is 2.31. The Morgan fingerprint density at radius 1 is 1.12 bits per heavy atom. The zero-order valence-corrected chi connectivity index (χ0v) is 18.8. The van der Waals surface area contributed by atoms with Crippen molar-refractivity contribution in [3.05, 3.63) is 78.9 Å². The Morgan fingerprint density at radius 2 is 2.06 bits per heavy atom. The number of alkyl halides is 1. The number of pyridine rings is 3. The van der Waals surface area contributed by atoms with E-state index < -0.39 is 12.3 Å². The van der Waals surface area contributed by atoms with Gasteiger partial charge in [-0.3, -0.25) is 9.38 Å². The Labute approximate surface area is 196 Å². The SMILES string of the molecule is Cc1ccncc1-c1ccn2c(-c3ccc4cccc(O[C@H]5CCNC[C@@H]5F)c4n3)cnc2c1. The van der Waals surface area contributed by atoms with Crippen molar-refractivity contribution in [3.63, 3.8) is 0 Å². The fourth-order valence-electron chi connectivity index (χ4n) is 4.55. The topological polar surface area (TPSA) is 64.3 Å². The average molecular weight is 454 g/mol. The molecule has 170 valence electrons. The number of hydrogen-bond acceptors (Lipinski definition) is 5. The summed E-state index contributed by atoms with van der Waals surface area (Å²) in [7, 11) is 0. The molecule has 7 heteroatoms. The van der Waals surface area contributed by atoms with Gasteiger partial charge in [0.15, 0.2) is 0 Å². The third kappa shape index (κ3) is 3.68. The number of nitrogens with one attached hydrogen (secondary N) is 1. The Morgan fingerprint density at radius 3 is 2.94 bits per heavy atom. The molecule has 2 atom stereocenters. The second kappa shape index (κ2) is 8.50. The fourth-order valence-corrected chi connectivity index (χ4v) is 4.55. The minimum atomic E-state index is -1.04. The number of benzene rings is 1. The molecule has 0 aliphatic carbocycles. The van der Waals surface area contributed by atoms with E-state index in [0.717, 1.165) is 45.6 Å². The summed E-state index contributed by atoms with van der Waals surface area (Å²) in [6.07, 6.45) is 6.64. The van der Waals surface area contributed by atoms with Crippen LogP contribution in [0.3, 0.4) is 0 Å². The second-order valence-corrected chi connectivity index (χ2v) is 8.67. The predicted molar refractivity (Wildman–Crippen MR) is 131 cm³/mol. The molecule has 0 radical (unpaired) electrons. The van der Waals surface area contributed by atoms with Gasteiger partial charge < -0.3 is 10.1 Å². The van der Waals surface area contributed by atoms with Crippen molar-refractivity contribution >= 4 is 16.6 Å². The number of para-hydroxylation sites is 1. The van der Waals surface area contributed by atoms with Crippen molar-refractivity contribution in [3.8, 4) is 28.3 Å². The van der Waals surface area contributed by atoms with Gasteiger partial charge in [0.1, 0.15) is 29.2 Å². The van der Waals surface area contributed by atoms with Gasteiger partial charge in [-0.05, 0) is 61.3 Å². The second-order valence-electron chi connectivity index (χ2n) is 8.67. The smallest absolute Gasteiger partial charge is 0.149 e. The summed E-state index contributed by atoms with van der Waals surface area (Å²) in [6.45, 7) is 3.14. The Balaban J connectivity index is 1.39. The van der Waals surface area contributed by atoms with Crippen LogP contribution in [0.5, 0.6) is 5.75 Å². The van der Waals surface area contributed by atoms with Gasteiger partial charge >= 0.3 is 0 Å². The Hall–Kier alpha value is -3.84. The number of hydrogen-bond donors (Lipinski definition) is 1. The Kier molecular flexibility index (Phi) is 5.19. The molecule has 4 aromatic heterocycles. The number of halogens is 1. The lowest BCUT2D eigenvalue weighted by molar-refractivity contribution is 0.0743. The monoisotopic (exact) mass is 453 g/mol. The third-order valence-corrected chi connectivity index (χ3v) is 6.44. The van der Waals surface area contributed by atoms with Crippen molar-refractivity contribution in [2.24, 2.45) is 0 Å². The van der Waals surface area contributed by atoms with Crippen LogP contribution in [-0.4, -0.2) is 44.7 Å². The van der Waals surface area contributed by atoms with E-state index in [1.54, 1.807) is 6.20 Å². The molecule has 0 spiro atoms. The summed E-state index contributed by atoms with van der Waals surface area (Å²) in [5, 5.41) is 4.02. The van der Waals surface area contributed by atoms with Crippen molar-refractivity contribution in [2.45, 2.75) is 25.6 Å².